The third-order valence-corrected chi connectivity index (χ3v) is 3.54. The number of nitrogens with two attached hydrogens (primary N) is 1. The Balaban J connectivity index is 2.53. The van der Waals surface area contributed by atoms with E-state index in [2.05, 4.69) is 10.6 Å². The van der Waals surface area contributed by atoms with E-state index in [1.54, 1.807) is 18.2 Å². The summed E-state index contributed by atoms with van der Waals surface area (Å²) in [4.78, 5) is 11.6. The van der Waals surface area contributed by atoms with Crippen LogP contribution in [0.1, 0.15) is 20.3 Å². The third kappa shape index (κ3) is 5.58. The Kier molecular flexibility index (Phi) is 5.97. The molecule has 0 aromatic heterocycles. The minimum atomic E-state index is -3.77. The quantitative estimate of drug-likeness (QED) is 0.696. The molecule has 6 nitrogen and oxygen atoms in total. The van der Waals surface area contributed by atoms with Crippen molar-refractivity contribution in [3.05, 3.63) is 24.3 Å². The molecule has 4 N–H and O–H groups in total. The van der Waals surface area contributed by atoms with Gasteiger partial charge >= 0.3 is 0 Å². The molecule has 1 rings (SSSR count). The Labute approximate surface area is 119 Å². The number of sulfonamides is 1. The Morgan fingerprint density at radius 3 is 2.55 bits per heavy atom. The Bertz CT molecular complexity index is 556. The van der Waals surface area contributed by atoms with Crippen molar-refractivity contribution < 1.29 is 13.2 Å². The molecule has 20 heavy (non-hydrogen) atoms. The minimum absolute atomic E-state index is 0.0302. The van der Waals surface area contributed by atoms with Crippen LogP contribution in [0, 0.1) is 5.92 Å². The number of hydrogen-bond acceptors (Lipinski definition) is 4. The topological polar surface area (TPSA) is 101 Å². The van der Waals surface area contributed by atoms with Gasteiger partial charge in [0.05, 0.1) is 5.69 Å². The fourth-order valence-corrected chi connectivity index (χ4v) is 2.29. The molecule has 0 saturated carbocycles. The van der Waals surface area contributed by atoms with Crippen LogP contribution >= 0.6 is 0 Å². The van der Waals surface area contributed by atoms with Crippen molar-refractivity contribution in [2.75, 3.05) is 18.4 Å². The van der Waals surface area contributed by atoms with Crippen molar-refractivity contribution in [3.8, 4) is 0 Å². The molecule has 7 heteroatoms. The van der Waals surface area contributed by atoms with Crippen LogP contribution in [0.3, 0.4) is 0 Å². The van der Waals surface area contributed by atoms with Crippen molar-refractivity contribution in [1.29, 1.82) is 0 Å². The van der Waals surface area contributed by atoms with Gasteiger partial charge in [-0.2, -0.15) is 0 Å². The lowest BCUT2D eigenvalue weighted by Crippen LogP contribution is -2.28. The van der Waals surface area contributed by atoms with Crippen molar-refractivity contribution in [3.63, 3.8) is 0 Å². The van der Waals surface area contributed by atoms with Crippen LogP contribution in [-0.2, 0) is 14.8 Å². The Morgan fingerprint density at radius 1 is 1.30 bits per heavy atom. The highest BCUT2D eigenvalue weighted by atomic mass is 32.2. The van der Waals surface area contributed by atoms with Crippen molar-refractivity contribution in [2.24, 2.45) is 11.1 Å². The number of amides is 1. The lowest BCUT2D eigenvalue weighted by Gasteiger charge is -2.11. The van der Waals surface area contributed by atoms with Gasteiger partial charge in [-0.15, -0.1) is 0 Å². The predicted molar refractivity (Wildman–Crippen MR) is 78.8 cm³/mol. The first-order valence-corrected chi connectivity index (χ1v) is 7.97. The van der Waals surface area contributed by atoms with E-state index in [9.17, 15) is 13.2 Å². The fraction of sp³-hybridized carbons (Fsp3) is 0.462. The second-order valence-corrected chi connectivity index (χ2v) is 6.45. The molecule has 0 radical (unpaired) electrons. The van der Waals surface area contributed by atoms with Gasteiger partial charge in [0.1, 0.15) is 4.90 Å². The Hall–Kier alpha value is -1.60. The van der Waals surface area contributed by atoms with Crippen LogP contribution in [0.5, 0.6) is 0 Å². The molecule has 1 amide bonds. The number of anilines is 1. The van der Waals surface area contributed by atoms with Crippen LogP contribution in [0.25, 0.3) is 0 Å². The molecule has 1 aromatic rings. The number of para-hydroxylation sites is 1. The third-order valence-electron chi connectivity index (χ3n) is 2.57. The standard InChI is InChI=1S/C13H21N3O3S/c1-10(2)9-16-13(17)7-8-15-11-5-3-4-6-12(11)20(14,18)19/h3-6,10,15H,7-9H2,1-2H3,(H,16,17)(H2,14,18,19). The van der Waals surface area contributed by atoms with Gasteiger partial charge in [0.15, 0.2) is 0 Å². The average Bonchev–Trinajstić information content (AvgIpc) is 2.36. The number of hydrogen-bond donors (Lipinski definition) is 3. The summed E-state index contributed by atoms with van der Waals surface area (Å²) in [6.45, 7) is 5.00. The highest BCUT2D eigenvalue weighted by Gasteiger charge is 2.12. The van der Waals surface area contributed by atoms with E-state index in [1.807, 2.05) is 13.8 Å². The van der Waals surface area contributed by atoms with Gasteiger partial charge in [-0.25, -0.2) is 13.6 Å². The van der Waals surface area contributed by atoms with E-state index in [-0.39, 0.29) is 17.2 Å². The first kappa shape index (κ1) is 16.5. The summed E-state index contributed by atoms with van der Waals surface area (Å²) in [6.07, 6.45) is 0.270. The summed E-state index contributed by atoms with van der Waals surface area (Å²) in [5.41, 5.74) is 0.409. The maximum absolute atomic E-state index is 11.5. The highest BCUT2D eigenvalue weighted by molar-refractivity contribution is 7.89. The van der Waals surface area contributed by atoms with Gasteiger partial charge in [-0.05, 0) is 18.1 Å². The summed E-state index contributed by atoms with van der Waals surface area (Å²) < 4.78 is 22.8. The molecule has 0 spiro atoms. The van der Waals surface area contributed by atoms with Crippen LogP contribution in [-0.4, -0.2) is 27.4 Å². The molecule has 0 heterocycles. The van der Waals surface area contributed by atoms with Gasteiger partial charge in [-0.3, -0.25) is 4.79 Å². The van der Waals surface area contributed by atoms with E-state index in [0.717, 1.165) is 0 Å². The monoisotopic (exact) mass is 299 g/mol. The van der Waals surface area contributed by atoms with E-state index in [1.165, 1.54) is 6.07 Å². The first-order chi connectivity index (χ1) is 9.30. The molecule has 0 aliphatic rings. The van der Waals surface area contributed by atoms with Gasteiger partial charge in [0.25, 0.3) is 0 Å². The van der Waals surface area contributed by atoms with E-state index < -0.39 is 10.0 Å². The van der Waals surface area contributed by atoms with Crippen LogP contribution in [0.2, 0.25) is 0 Å². The largest absolute Gasteiger partial charge is 0.383 e. The number of nitrogens with one attached hydrogen (secondary N) is 2. The predicted octanol–water partition coefficient (Wildman–Crippen LogP) is 0.908. The second-order valence-electron chi connectivity index (χ2n) is 4.92. The lowest BCUT2D eigenvalue weighted by molar-refractivity contribution is -0.120. The molecule has 0 saturated heterocycles. The van der Waals surface area contributed by atoms with E-state index in [4.69, 9.17) is 5.14 Å². The van der Waals surface area contributed by atoms with Gasteiger partial charge in [0.2, 0.25) is 15.9 Å². The summed E-state index contributed by atoms with van der Waals surface area (Å²) in [5, 5.41) is 10.8. The maximum atomic E-state index is 11.5. The molecule has 0 aliphatic carbocycles. The van der Waals surface area contributed by atoms with Crippen LogP contribution in [0.4, 0.5) is 5.69 Å². The van der Waals surface area contributed by atoms with Crippen molar-refractivity contribution in [2.45, 2.75) is 25.2 Å². The number of benzene rings is 1. The fourth-order valence-electron chi connectivity index (χ4n) is 1.58. The van der Waals surface area contributed by atoms with Gasteiger partial charge in [0, 0.05) is 19.5 Å². The summed E-state index contributed by atoms with van der Waals surface area (Å²) >= 11 is 0. The van der Waals surface area contributed by atoms with Crippen molar-refractivity contribution >= 4 is 21.6 Å². The van der Waals surface area contributed by atoms with E-state index in [0.29, 0.717) is 24.7 Å². The molecule has 0 unspecified atom stereocenters. The SMILES string of the molecule is CC(C)CNC(=O)CCNc1ccccc1S(N)(=O)=O. The molecular formula is C13H21N3O3S. The average molecular weight is 299 g/mol. The zero-order chi connectivity index (χ0) is 15.2. The number of primary sulfonamides is 1. The Morgan fingerprint density at radius 2 is 1.95 bits per heavy atom. The molecule has 1 aromatic carbocycles. The highest BCUT2D eigenvalue weighted by Crippen LogP contribution is 2.18. The van der Waals surface area contributed by atoms with Crippen LogP contribution < -0.4 is 15.8 Å². The number of carbonyl (C=O) groups excluding carboxylic acids is 1. The smallest absolute Gasteiger partial charge is 0.240 e. The van der Waals surface area contributed by atoms with Crippen LogP contribution in [0.15, 0.2) is 29.2 Å². The molecule has 0 bridgehead atoms. The molecule has 0 aliphatic heterocycles. The number of rotatable bonds is 7. The summed E-state index contributed by atoms with van der Waals surface area (Å²) in [7, 11) is -3.77. The molecule has 0 fully saturated rings. The molecular weight excluding hydrogens is 278 g/mol. The van der Waals surface area contributed by atoms with E-state index >= 15 is 0 Å². The van der Waals surface area contributed by atoms with Crippen molar-refractivity contribution in [1.82, 2.24) is 5.32 Å². The minimum Gasteiger partial charge on any atom is -0.383 e. The first-order valence-electron chi connectivity index (χ1n) is 6.43. The molecule has 0 atom stereocenters. The molecule has 112 valence electrons. The van der Waals surface area contributed by atoms with Gasteiger partial charge in [-0.1, -0.05) is 26.0 Å². The summed E-state index contributed by atoms with van der Waals surface area (Å²) in [5.74, 6) is 0.328. The lowest BCUT2D eigenvalue weighted by atomic mass is 10.2. The second kappa shape index (κ2) is 7.25. The number of carbonyl (C=O) groups is 1. The van der Waals surface area contributed by atoms with Gasteiger partial charge < -0.3 is 10.6 Å². The maximum Gasteiger partial charge on any atom is 0.240 e. The zero-order valence-corrected chi connectivity index (χ0v) is 12.5. The normalized spacial score (nSPS) is 11.4. The summed E-state index contributed by atoms with van der Waals surface area (Å²) in [6, 6.07) is 6.35. The zero-order valence-electron chi connectivity index (χ0n) is 11.7.